The smallest absolute Gasteiger partial charge is 0.255 e. The van der Waals surface area contributed by atoms with Crippen molar-refractivity contribution >= 4 is 17.5 Å². The van der Waals surface area contributed by atoms with Gasteiger partial charge in [0.25, 0.3) is 11.8 Å². The molecule has 3 rings (SSSR count). The zero-order valence-corrected chi connectivity index (χ0v) is 15.7. The van der Waals surface area contributed by atoms with Crippen molar-refractivity contribution in [2.24, 2.45) is 0 Å². The lowest BCUT2D eigenvalue weighted by atomic mass is 10.1. The van der Waals surface area contributed by atoms with E-state index in [4.69, 9.17) is 4.74 Å². The second kappa shape index (κ2) is 9.21. The highest BCUT2D eigenvalue weighted by atomic mass is 16.5. The number of benzene rings is 2. The van der Waals surface area contributed by atoms with Crippen LogP contribution in [0.15, 0.2) is 48.5 Å². The number of likely N-dealkylation sites (tertiary alicyclic amines) is 1. The maximum absolute atomic E-state index is 12.6. The van der Waals surface area contributed by atoms with Gasteiger partial charge in [-0.05, 0) is 55.7 Å². The molecule has 1 saturated heterocycles. The van der Waals surface area contributed by atoms with Crippen LogP contribution in [0, 0.1) is 0 Å². The summed E-state index contributed by atoms with van der Waals surface area (Å²) in [5.41, 5.74) is 1.74. The number of unbranched alkanes of at least 4 members (excludes halogenated alkanes) is 1. The number of nitrogens with zero attached hydrogens (tertiary/aromatic N) is 1. The first kappa shape index (κ1) is 19.0. The van der Waals surface area contributed by atoms with Crippen LogP contribution in [0.4, 0.5) is 5.69 Å². The van der Waals surface area contributed by atoms with Gasteiger partial charge in [0.15, 0.2) is 0 Å². The molecule has 27 heavy (non-hydrogen) atoms. The summed E-state index contributed by atoms with van der Waals surface area (Å²) in [4.78, 5) is 27.0. The number of nitrogens with one attached hydrogen (secondary N) is 1. The molecular weight excluding hydrogens is 340 g/mol. The molecule has 2 amide bonds. The summed E-state index contributed by atoms with van der Waals surface area (Å²) in [6, 6.07) is 14.3. The van der Waals surface area contributed by atoms with Crippen LogP contribution >= 0.6 is 0 Å². The van der Waals surface area contributed by atoms with E-state index < -0.39 is 0 Å². The first-order valence-electron chi connectivity index (χ1n) is 9.61. The van der Waals surface area contributed by atoms with Crippen LogP contribution in [0.25, 0.3) is 0 Å². The van der Waals surface area contributed by atoms with E-state index in [2.05, 4.69) is 12.2 Å². The quantitative estimate of drug-likeness (QED) is 0.741. The second-order valence-corrected chi connectivity index (χ2v) is 6.76. The highest BCUT2D eigenvalue weighted by Gasteiger charge is 2.19. The van der Waals surface area contributed by atoms with Crippen LogP contribution in [0.2, 0.25) is 0 Å². The van der Waals surface area contributed by atoms with Crippen LogP contribution in [0.5, 0.6) is 5.75 Å². The van der Waals surface area contributed by atoms with Crippen molar-refractivity contribution in [2.45, 2.75) is 32.6 Å². The lowest BCUT2D eigenvalue weighted by molar-refractivity contribution is 0.0792. The molecule has 1 aliphatic rings. The molecule has 0 saturated carbocycles. The molecule has 0 bridgehead atoms. The Hall–Kier alpha value is -2.82. The third-order valence-electron chi connectivity index (χ3n) is 4.62. The summed E-state index contributed by atoms with van der Waals surface area (Å²) in [7, 11) is 0. The summed E-state index contributed by atoms with van der Waals surface area (Å²) >= 11 is 0. The fraction of sp³-hybridized carbons (Fsp3) is 0.364. The molecule has 2 aromatic carbocycles. The number of carbonyl (C=O) groups is 2. The van der Waals surface area contributed by atoms with E-state index >= 15 is 0 Å². The molecule has 5 heteroatoms. The monoisotopic (exact) mass is 366 g/mol. The Morgan fingerprint density at radius 1 is 1.04 bits per heavy atom. The third kappa shape index (κ3) is 5.09. The minimum absolute atomic E-state index is 0.0231. The Balaban J connectivity index is 1.66. The molecule has 0 atom stereocenters. The fourth-order valence-electron chi connectivity index (χ4n) is 3.10. The molecule has 0 aliphatic carbocycles. The van der Waals surface area contributed by atoms with Gasteiger partial charge in [0.1, 0.15) is 5.75 Å². The highest BCUT2D eigenvalue weighted by molar-refractivity contribution is 6.05. The van der Waals surface area contributed by atoms with Gasteiger partial charge in [-0.2, -0.15) is 0 Å². The average Bonchev–Trinajstić information content (AvgIpc) is 3.23. The number of hydrogen-bond acceptors (Lipinski definition) is 3. The number of anilines is 1. The largest absolute Gasteiger partial charge is 0.494 e. The van der Waals surface area contributed by atoms with Gasteiger partial charge in [0.05, 0.1) is 6.61 Å². The van der Waals surface area contributed by atoms with Crippen molar-refractivity contribution in [2.75, 3.05) is 25.0 Å². The van der Waals surface area contributed by atoms with Gasteiger partial charge in [0, 0.05) is 29.9 Å². The van der Waals surface area contributed by atoms with E-state index in [1.807, 2.05) is 17.0 Å². The standard InChI is InChI=1S/C22H26N2O3/c1-2-3-14-27-20-11-7-8-17(16-20)21(25)23-19-10-6-9-18(15-19)22(26)24-12-4-5-13-24/h6-11,15-16H,2-5,12-14H2,1H3,(H,23,25). The number of hydrogen-bond donors (Lipinski definition) is 1. The first-order valence-corrected chi connectivity index (χ1v) is 9.61. The molecule has 1 fully saturated rings. The van der Waals surface area contributed by atoms with Gasteiger partial charge >= 0.3 is 0 Å². The van der Waals surface area contributed by atoms with E-state index in [-0.39, 0.29) is 11.8 Å². The van der Waals surface area contributed by atoms with Crippen molar-refractivity contribution in [3.05, 3.63) is 59.7 Å². The van der Waals surface area contributed by atoms with Crippen LogP contribution in [0.1, 0.15) is 53.3 Å². The summed E-state index contributed by atoms with van der Waals surface area (Å²) in [5, 5.41) is 2.87. The van der Waals surface area contributed by atoms with Gasteiger partial charge in [-0.25, -0.2) is 0 Å². The zero-order valence-electron chi connectivity index (χ0n) is 15.7. The lowest BCUT2D eigenvalue weighted by Crippen LogP contribution is -2.27. The van der Waals surface area contributed by atoms with Gasteiger partial charge < -0.3 is 15.0 Å². The van der Waals surface area contributed by atoms with Gasteiger partial charge in [0.2, 0.25) is 0 Å². The molecule has 142 valence electrons. The Morgan fingerprint density at radius 3 is 2.56 bits per heavy atom. The summed E-state index contributed by atoms with van der Waals surface area (Å²) < 4.78 is 5.66. The molecule has 1 N–H and O–H groups in total. The number of amides is 2. The minimum Gasteiger partial charge on any atom is -0.494 e. The Labute approximate surface area is 160 Å². The second-order valence-electron chi connectivity index (χ2n) is 6.76. The maximum atomic E-state index is 12.6. The third-order valence-corrected chi connectivity index (χ3v) is 4.62. The Bertz CT molecular complexity index is 798. The van der Waals surface area contributed by atoms with Gasteiger partial charge in [-0.3, -0.25) is 9.59 Å². The maximum Gasteiger partial charge on any atom is 0.255 e. The number of rotatable bonds is 7. The predicted molar refractivity (Wildman–Crippen MR) is 106 cm³/mol. The normalized spacial score (nSPS) is 13.4. The van der Waals surface area contributed by atoms with Crippen molar-refractivity contribution in [3.8, 4) is 5.75 Å². The molecule has 0 aromatic heterocycles. The number of carbonyl (C=O) groups excluding carboxylic acids is 2. The highest BCUT2D eigenvalue weighted by Crippen LogP contribution is 2.19. The lowest BCUT2D eigenvalue weighted by Gasteiger charge is -2.16. The SMILES string of the molecule is CCCCOc1cccc(C(=O)Nc2cccc(C(=O)N3CCCC3)c2)c1. The summed E-state index contributed by atoms with van der Waals surface area (Å²) in [6.45, 7) is 4.36. The van der Waals surface area contributed by atoms with Crippen molar-refractivity contribution < 1.29 is 14.3 Å². The van der Waals surface area contributed by atoms with Crippen LogP contribution < -0.4 is 10.1 Å². The van der Waals surface area contributed by atoms with Crippen LogP contribution in [-0.4, -0.2) is 36.4 Å². The Morgan fingerprint density at radius 2 is 1.78 bits per heavy atom. The first-order chi connectivity index (χ1) is 13.2. The van der Waals surface area contributed by atoms with Crippen molar-refractivity contribution in [1.29, 1.82) is 0 Å². The molecule has 1 aliphatic heterocycles. The number of ether oxygens (including phenoxy) is 1. The van der Waals surface area contributed by atoms with Crippen LogP contribution in [-0.2, 0) is 0 Å². The zero-order chi connectivity index (χ0) is 19.1. The average molecular weight is 366 g/mol. The Kier molecular flexibility index (Phi) is 6.47. The summed E-state index contributed by atoms with van der Waals surface area (Å²) in [6.07, 6.45) is 4.15. The molecular formula is C22H26N2O3. The fourth-order valence-corrected chi connectivity index (χ4v) is 3.10. The molecule has 1 heterocycles. The summed E-state index contributed by atoms with van der Waals surface area (Å²) in [5.74, 6) is 0.491. The topological polar surface area (TPSA) is 58.6 Å². The molecule has 0 unspecified atom stereocenters. The molecule has 5 nitrogen and oxygen atoms in total. The van der Waals surface area contributed by atoms with Crippen LogP contribution in [0.3, 0.4) is 0 Å². The van der Waals surface area contributed by atoms with Gasteiger partial charge in [-0.1, -0.05) is 25.5 Å². The van der Waals surface area contributed by atoms with Crippen molar-refractivity contribution in [3.63, 3.8) is 0 Å². The van der Waals surface area contributed by atoms with E-state index in [1.165, 1.54) is 0 Å². The molecule has 0 radical (unpaired) electrons. The van der Waals surface area contributed by atoms with Crippen molar-refractivity contribution in [1.82, 2.24) is 4.90 Å². The van der Waals surface area contributed by atoms with E-state index in [0.29, 0.717) is 29.2 Å². The van der Waals surface area contributed by atoms with E-state index in [9.17, 15) is 9.59 Å². The van der Waals surface area contributed by atoms with Gasteiger partial charge in [-0.15, -0.1) is 0 Å². The molecule has 0 spiro atoms. The molecule has 2 aromatic rings. The van der Waals surface area contributed by atoms with E-state index in [1.54, 1.807) is 36.4 Å². The predicted octanol–water partition coefficient (Wildman–Crippen LogP) is 4.35. The minimum atomic E-state index is -0.221. The van der Waals surface area contributed by atoms with E-state index in [0.717, 1.165) is 38.8 Å².